The van der Waals surface area contributed by atoms with Gasteiger partial charge in [0.1, 0.15) is 5.75 Å². The number of benzene rings is 1. The SMILES string of the molecule is COC(=O)[C@@H](C)Oc1cc(C)cc(C)c1C. The number of rotatable bonds is 3. The van der Waals surface area contributed by atoms with Crippen LogP contribution in [-0.2, 0) is 9.53 Å². The van der Waals surface area contributed by atoms with E-state index in [9.17, 15) is 4.79 Å². The predicted molar refractivity (Wildman–Crippen MR) is 62.8 cm³/mol. The largest absolute Gasteiger partial charge is 0.479 e. The molecule has 0 amide bonds. The Balaban J connectivity index is 2.93. The maximum atomic E-state index is 11.3. The van der Waals surface area contributed by atoms with Crippen LogP contribution in [0.25, 0.3) is 0 Å². The molecule has 0 fully saturated rings. The van der Waals surface area contributed by atoms with E-state index in [1.54, 1.807) is 6.92 Å². The molecule has 1 rings (SSSR count). The standard InChI is InChI=1S/C13H18O3/c1-8-6-9(2)10(3)12(7-8)16-11(4)13(14)15-5/h6-7,11H,1-5H3/t11-/m1/s1. The summed E-state index contributed by atoms with van der Waals surface area (Å²) in [6.45, 7) is 7.69. The number of carbonyl (C=O) groups is 1. The van der Waals surface area contributed by atoms with E-state index >= 15 is 0 Å². The Morgan fingerprint density at radius 2 is 1.88 bits per heavy atom. The van der Waals surface area contributed by atoms with Gasteiger partial charge in [-0.15, -0.1) is 0 Å². The van der Waals surface area contributed by atoms with Gasteiger partial charge in [-0.25, -0.2) is 4.79 Å². The Labute approximate surface area is 96.4 Å². The Morgan fingerprint density at radius 1 is 1.25 bits per heavy atom. The molecule has 0 aliphatic carbocycles. The molecule has 1 aromatic rings. The van der Waals surface area contributed by atoms with Crippen LogP contribution in [-0.4, -0.2) is 19.2 Å². The van der Waals surface area contributed by atoms with Gasteiger partial charge in [0.2, 0.25) is 0 Å². The van der Waals surface area contributed by atoms with Gasteiger partial charge in [0.25, 0.3) is 0 Å². The molecule has 0 unspecified atom stereocenters. The van der Waals surface area contributed by atoms with Gasteiger partial charge in [-0.05, 0) is 50.5 Å². The molecule has 0 heterocycles. The zero-order valence-electron chi connectivity index (χ0n) is 10.5. The minimum atomic E-state index is -0.579. The van der Waals surface area contributed by atoms with Crippen molar-refractivity contribution in [1.82, 2.24) is 0 Å². The lowest BCUT2D eigenvalue weighted by Gasteiger charge is -2.16. The number of methoxy groups -OCH3 is 1. The quantitative estimate of drug-likeness (QED) is 0.737. The van der Waals surface area contributed by atoms with Crippen LogP contribution in [0.15, 0.2) is 12.1 Å². The monoisotopic (exact) mass is 222 g/mol. The fourth-order valence-electron chi connectivity index (χ4n) is 1.53. The second-order valence-electron chi connectivity index (χ2n) is 3.99. The van der Waals surface area contributed by atoms with Crippen molar-refractivity contribution in [3.8, 4) is 5.75 Å². The summed E-state index contributed by atoms with van der Waals surface area (Å²) in [6, 6.07) is 4.02. The second kappa shape index (κ2) is 5.01. The zero-order valence-corrected chi connectivity index (χ0v) is 10.5. The molecule has 0 saturated heterocycles. The van der Waals surface area contributed by atoms with Crippen LogP contribution in [0.3, 0.4) is 0 Å². The molecule has 0 radical (unpaired) electrons. The average Bonchev–Trinajstić information content (AvgIpc) is 2.23. The van der Waals surface area contributed by atoms with E-state index in [2.05, 4.69) is 10.8 Å². The number of ether oxygens (including phenoxy) is 2. The van der Waals surface area contributed by atoms with Crippen molar-refractivity contribution >= 4 is 5.97 Å². The predicted octanol–water partition coefficient (Wildman–Crippen LogP) is 2.55. The summed E-state index contributed by atoms with van der Waals surface area (Å²) in [5.74, 6) is 0.383. The van der Waals surface area contributed by atoms with Gasteiger partial charge in [-0.3, -0.25) is 0 Å². The van der Waals surface area contributed by atoms with Crippen molar-refractivity contribution in [3.05, 3.63) is 28.8 Å². The molecule has 0 spiro atoms. The van der Waals surface area contributed by atoms with Crippen LogP contribution < -0.4 is 4.74 Å². The van der Waals surface area contributed by atoms with Crippen molar-refractivity contribution in [2.24, 2.45) is 0 Å². The smallest absolute Gasteiger partial charge is 0.346 e. The molecule has 88 valence electrons. The van der Waals surface area contributed by atoms with Crippen LogP contribution in [0.1, 0.15) is 23.6 Å². The van der Waals surface area contributed by atoms with Gasteiger partial charge in [-0.2, -0.15) is 0 Å². The number of esters is 1. The van der Waals surface area contributed by atoms with Crippen molar-refractivity contribution in [3.63, 3.8) is 0 Å². The zero-order chi connectivity index (χ0) is 12.3. The number of aryl methyl sites for hydroxylation is 2. The average molecular weight is 222 g/mol. The van der Waals surface area contributed by atoms with E-state index in [1.807, 2.05) is 26.8 Å². The minimum absolute atomic E-state index is 0.362. The van der Waals surface area contributed by atoms with Crippen molar-refractivity contribution in [2.45, 2.75) is 33.8 Å². The Bertz CT molecular complexity index is 396. The maximum Gasteiger partial charge on any atom is 0.346 e. The van der Waals surface area contributed by atoms with Gasteiger partial charge in [0.15, 0.2) is 6.10 Å². The Hall–Kier alpha value is -1.51. The third-order valence-corrected chi connectivity index (χ3v) is 2.60. The van der Waals surface area contributed by atoms with Gasteiger partial charge in [0, 0.05) is 0 Å². The van der Waals surface area contributed by atoms with Crippen LogP contribution in [0, 0.1) is 20.8 Å². The van der Waals surface area contributed by atoms with E-state index in [4.69, 9.17) is 4.74 Å². The van der Waals surface area contributed by atoms with Gasteiger partial charge in [0.05, 0.1) is 7.11 Å². The molecular weight excluding hydrogens is 204 g/mol. The molecule has 0 aliphatic heterocycles. The van der Waals surface area contributed by atoms with E-state index < -0.39 is 6.10 Å². The normalized spacial score (nSPS) is 12.1. The first-order valence-corrected chi connectivity index (χ1v) is 5.28. The molecule has 3 nitrogen and oxygen atoms in total. The van der Waals surface area contributed by atoms with Crippen LogP contribution >= 0.6 is 0 Å². The van der Waals surface area contributed by atoms with Crippen LogP contribution in [0.4, 0.5) is 0 Å². The highest BCUT2D eigenvalue weighted by Crippen LogP contribution is 2.24. The molecule has 0 saturated carbocycles. The first-order valence-electron chi connectivity index (χ1n) is 5.28. The first-order chi connectivity index (χ1) is 7.45. The molecule has 1 aromatic carbocycles. The molecule has 0 N–H and O–H groups in total. The van der Waals surface area contributed by atoms with Crippen LogP contribution in [0.2, 0.25) is 0 Å². The van der Waals surface area contributed by atoms with Crippen molar-refractivity contribution in [2.75, 3.05) is 7.11 Å². The summed E-state index contributed by atoms with van der Waals surface area (Å²) in [5.41, 5.74) is 3.34. The van der Waals surface area contributed by atoms with E-state index in [0.29, 0.717) is 0 Å². The fraction of sp³-hybridized carbons (Fsp3) is 0.462. The molecule has 0 aliphatic rings. The summed E-state index contributed by atoms with van der Waals surface area (Å²) >= 11 is 0. The Kier molecular flexibility index (Phi) is 3.93. The highest BCUT2D eigenvalue weighted by Gasteiger charge is 2.16. The van der Waals surface area contributed by atoms with Crippen molar-refractivity contribution < 1.29 is 14.3 Å². The molecule has 3 heteroatoms. The summed E-state index contributed by atoms with van der Waals surface area (Å²) in [7, 11) is 1.36. The third-order valence-electron chi connectivity index (χ3n) is 2.60. The highest BCUT2D eigenvalue weighted by atomic mass is 16.6. The van der Waals surface area contributed by atoms with Crippen LogP contribution in [0.5, 0.6) is 5.75 Å². The lowest BCUT2D eigenvalue weighted by Crippen LogP contribution is -2.25. The maximum absolute atomic E-state index is 11.3. The molecule has 1 atom stereocenters. The second-order valence-corrected chi connectivity index (χ2v) is 3.99. The lowest BCUT2D eigenvalue weighted by molar-refractivity contribution is -0.147. The minimum Gasteiger partial charge on any atom is -0.479 e. The van der Waals surface area contributed by atoms with Gasteiger partial charge in [-0.1, -0.05) is 6.07 Å². The number of hydrogen-bond donors (Lipinski definition) is 0. The van der Waals surface area contributed by atoms with Gasteiger partial charge < -0.3 is 9.47 Å². The number of hydrogen-bond acceptors (Lipinski definition) is 3. The van der Waals surface area contributed by atoms with Gasteiger partial charge >= 0.3 is 5.97 Å². The topological polar surface area (TPSA) is 35.5 Å². The van der Waals surface area contributed by atoms with E-state index in [-0.39, 0.29) is 5.97 Å². The molecule has 16 heavy (non-hydrogen) atoms. The summed E-state index contributed by atoms with van der Waals surface area (Å²) < 4.78 is 10.2. The molecular formula is C13H18O3. The van der Waals surface area contributed by atoms with E-state index in [0.717, 1.165) is 22.4 Å². The first kappa shape index (κ1) is 12.6. The number of carbonyl (C=O) groups excluding carboxylic acids is 1. The third kappa shape index (κ3) is 2.75. The van der Waals surface area contributed by atoms with Crippen molar-refractivity contribution in [1.29, 1.82) is 0 Å². The Morgan fingerprint density at radius 3 is 2.44 bits per heavy atom. The summed E-state index contributed by atoms with van der Waals surface area (Å²) in [6.07, 6.45) is -0.579. The summed E-state index contributed by atoms with van der Waals surface area (Å²) in [4.78, 5) is 11.3. The highest BCUT2D eigenvalue weighted by molar-refractivity contribution is 5.74. The molecule has 0 bridgehead atoms. The summed E-state index contributed by atoms with van der Waals surface area (Å²) in [5, 5.41) is 0. The lowest BCUT2D eigenvalue weighted by atomic mass is 10.1. The fourth-order valence-corrected chi connectivity index (χ4v) is 1.53. The molecule has 0 aromatic heterocycles. The van der Waals surface area contributed by atoms with E-state index in [1.165, 1.54) is 7.11 Å².